The summed E-state index contributed by atoms with van der Waals surface area (Å²) in [5.41, 5.74) is 4.92. The molecule has 0 saturated heterocycles. The highest BCUT2D eigenvalue weighted by Crippen LogP contribution is 2.57. The molecule has 3 atom stereocenters. The van der Waals surface area contributed by atoms with Crippen LogP contribution in [0.3, 0.4) is 0 Å². The first-order chi connectivity index (χ1) is 16.6. The van der Waals surface area contributed by atoms with Crippen LogP contribution >= 0.6 is 0 Å². The van der Waals surface area contributed by atoms with Crippen molar-refractivity contribution in [3.8, 4) is 0 Å². The zero-order valence-corrected chi connectivity index (χ0v) is 23.1. The molecule has 1 fully saturated rings. The van der Waals surface area contributed by atoms with Gasteiger partial charge in [0.05, 0.1) is 13.1 Å². The third-order valence-corrected chi connectivity index (χ3v) is 8.98. The molecule has 2 aliphatic rings. The van der Waals surface area contributed by atoms with Gasteiger partial charge in [0.25, 0.3) is 0 Å². The number of aryl methyl sites for hydroxylation is 1. The predicted molar refractivity (Wildman–Crippen MR) is 145 cm³/mol. The lowest BCUT2D eigenvalue weighted by Crippen LogP contribution is -2.53. The zero-order chi connectivity index (χ0) is 25.6. The number of likely N-dealkylation sites (N-methyl/N-ethyl adjacent to an activating group) is 1. The Morgan fingerprint density at radius 1 is 1.17 bits per heavy atom. The van der Waals surface area contributed by atoms with Gasteiger partial charge in [0.15, 0.2) is 0 Å². The first-order valence-electron chi connectivity index (χ1n) is 14.0. The summed E-state index contributed by atoms with van der Waals surface area (Å²) < 4.78 is 0. The number of benzene rings is 1. The Kier molecular flexibility index (Phi) is 9.42. The third kappa shape index (κ3) is 6.28. The van der Waals surface area contributed by atoms with Gasteiger partial charge in [-0.3, -0.25) is 9.59 Å². The van der Waals surface area contributed by atoms with E-state index in [0.717, 1.165) is 32.2 Å². The molecule has 0 bridgehead atoms. The zero-order valence-electron chi connectivity index (χ0n) is 23.1. The summed E-state index contributed by atoms with van der Waals surface area (Å²) in [5.74, 6) is 1.07. The van der Waals surface area contributed by atoms with Crippen LogP contribution in [0.1, 0.15) is 102 Å². The molecule has 196 valence electrons. The van der Waals surface area contributed by atoms with Crippen molar-refractivity contribution in [2.24, 2.45) is 11.3 Å². The van der Waals surface area contributed by atoms with E-state index in [1.807, 2.05) is 0 Å². The van der Waals surface area contributed by atoms with E-state index in [4.69, 9.17) is 0 Å². The summed E-state index contributed by atoms with van der Waals surface area (Å²) >= 11 is 0. The van der Waals surface area contributed by atoms with Gasteiger partial charge in [0, 0.05) is 20.1 Å². The fourth-order valence-electron chi connectivity index (χ4n) is 6.84. The van der Waals surface area contributed by atoms with Crippen molar-refractivity contribution in [1.29, 1.82) is 0 Å². The Bertz CT molecular complexity index is 882. The molecule has 0 heterocycles. The number of unbranched alkanes of at least 4 members (excludes halogenated alkanes) is 2. The van der Waals surface area contributed by atoms with E-state index in [9.17, 15) is 9.59 Å². The van der Waals surface area contributed by atoms with Gasteiger partial charge < -0.3 is 15.5 Å². The molecule has 5 nitrogen and oxygen atoms in total. The number of carbonyl (C=O) groups excluding carboxylic acids is 2. The summed E-state index contributed by atoms with van der Waals surface area (Å²) in [4.78, 5) is 26.7. The Morgan fingerprint density at radius 3 is 2.63 bits per heavy atom. The second-order valence-corrected chi connectivity index (χ2v) is 11.9. The van der Waals surface area contributed by atoms with Gasteiger partial charge in [0.2, 0.25) is 11.8 Å². The van der Waals surface area contributed by atoms with Crippen LogP contribution in [0.25, 0.3) is 0 Å². The van der Waals surface area contributed by atoms with Crippen molar-refractivity contribution in [3.63, 3.8) is 0 Å². The third-order valence-electron chi connectivity index (χ3n) is 8.98. The van der Waals surface area contributed by atoms with Crippen LogP contribution in [0.15, 0.2) is 18.2 Å². The molecule has 0 radical (unpaired) electrons. The van der Waals surface area contributed by atoms with E-state index in [-0.39, 0.29) is 29.2 Å². The quantitative estimate of drug-likeness (QED) is 0.427. The maximum atomic E-state index is 13.0. The summed E-state index contributed by atoms with van der Waals surface area (Å²) in [6.07, 6.45) is 9.16. The first kappa shape index (κ1) is 27.7. The summed E-state index contributed by atoms with van der Waals surface area (Å²) in [7, 11) is 1.63. The normalized spacial score (nSPS) is 25.6. The average molecular weight is 484 g/mol. The lowest BCUT2D eigenvalue weighted by molar-refractivity contribution is -0.135. The summed E-state index contributed by atoms with van der Waals surface area (Å²) in [6.45, 7) is 13.6. The number of hydrogen-bond acceptors (Lipinski definition) is 3. The van der Waals surface area contributed by atoms with Crippen LogP contribution in [0, 0.1) is 11.3 Å². The van der Waals surface area contributed by atoms with Gasteiger partial charge in [-0.25, -0.2) is 0 Å². The highest BCUT2D eigenvalue weighted by molar-refractivity contribution is 5.85. The molecule has 1 saturated carbocycles. The van der Waals surface area contributed by atoms with Gasteiger partial charge in [-0.2, -0.15) is 0 Å². The fraction of sp³-hybridized carbons (Fsp3) is 0.733. The van der Waals surface area contributed by atoms with E-state index < -0.39 is 0 Å². The average Bonchev–Trinajstić information content (AvgIpc) is 2.82. The molecule has 0 aliphatic heterocycles. The standard InChI is InChI=1S/C30H49N3O2/c1-7-8-9-17-33(20-27(34)31-6)28(35)19-32-21-29(4)15-10-16-30(5)25-18-24(22(2)3)12-11-23(25)13-14-26(29)30/h11-12,18,22,26,32H,7-10,13-17,19-21H2,1-6H3,(H,31,34)/t26-,29+,30+/m0/s1. The SMILES string of the molecule is CCCCCN(CC(=O)NC)C(=O)CNC[C@@]1(C)CCC[C@]2(C)c3cc(C(C)C)ccc3CC[C@@H]12. The van der Waals surface area contributed by atoms with Crippen LogP contribution in [0.2, 0.25) is 0 Å². The highest BCUT2D eigenvalue weighted by Gasteiger charge is 2.51. The van der Waals surface area contributed by atoms with Crippen molar-refractivity contribution < 1.29 is 9.59 Å². The molecule has 5 heteroatoms. The molecular formula is C30H49N3O2. The number of rotatable bonds is 11. The molecule has 0 spiro atoms. The second-order valence-electron chi connectivity index (χ2n) is 11.9. The smallest absolute Gasteiger partial charge is 0.239 e. The number of carbonyl (C=O) groups is 2. The van der Waals surface area contributed by atoms with Crippen molar-refractivity contribution in [3.05, 3.63) is 34.9 Å². The predicted octanol–water partition coefficient (Wildman–Crippen LogP) is 5.17. The van der Waals surface area contributed by atoms with Gasteiger partial charge in [-0.1, -0.05) is 72.1 Å². The Hall–Kier alpha value is -1.88. The number of amides is 2. The maximum absolute atomic E-state index is 13.0. The molecule has 0 unspecified atom stereocenters. The molecule has 0 aromatic heterocycles. The first-order valence-corrected chi connectivity index (χ1v) is 14.0. The largest absolute Gasteiger partial charge is 0.358 e. The van der Waals surface area contributed by atoms with Gasteiger partial charge in [-0.15, -0.1) is 0 Å². The van der Waals surface area contributed by atoms with Crippen LogP contribution in [-0.4, -0.2) is 49.9 Å². The van der Waals surface area contributed by atoms with Crippen LogP contribution in [0.4, 0.5) is 0 Å². The Labute approximate surface area is 213 Å². The molecule has 2 aliphatic carbocycles. The summed E-state index contributed by atoms with van der Waals surface area (Å²) in [5, 5.41) is 6.19. The van der Waals surface area contributed by atoms with Crippen molar-refractivity contribution in [2.45, 2.75) is 97.3 Å². The Balaban J connectivity index is 1.68. The minimum Gasteiger partial charge on any atom is -0.358 e. The minimum absolute atomic E-state index is 0.0300. The molecule has 1 aromatic carbocycles. The topological polar surface area (TPSA) is 61.4 Å². The number of fused-ring (bicyclic) bond motifs is 3. The molecule has 3 rings (SSSR count). The van der Waals surface area contributed by atoms with Crippen LogP contribution < -0.4 is 10.6 Å². The molecule has 35 heavy (non-hydrogen) atoms. The molecular weight excluding hydrogens is 434 g/mol. The van der Waals surface area contributed by atoms with Crippen LogP contribution in [-0.2, 0) is 21.4 Å². The van der Waals surface area contributed by atoms with Gasteiger partial charge in [-0.05, 0) is 71.5 Å². The number of nitrogens with zero attached hydrogens (tertiary/aromatic N) is 1. The molecule has 1 aromatic rings. The van der Waals surface area contributed by atoms with Crippen molar-refractivity contribution in [1.82, 2.24) is 15.5 Å². The van der Waals surface area contributed by atoms with Crippen LogP contribution in [0.5, 0.6) is 0 Å². The summed E-state index contributed by atoms with van der Waals surface area (Å²) in [6, 6.07) is 7.21. The van der Waals surface area contributed by atoms with E-state index in [0.29, 0.717) is 24.9 Å². The van der Waals surface area contributed by atoms with Crippen molar-refractivity contribution >= 4 is 11.8 Å². The number of nitrogens with one attached hydrogen (secondary N) is 2. The lowest BCUT2D eigenvalue weighted by Gasteiger charge is -2.56. The monoisotopic (exact) mass is 483 g/mol. The lowest BCUT2D eigenvalue weighted by atomic mass is 9.49. The second kappa shape index (κ2) is 11.9. The maximum Gasteiger partial charge on any atom is 0.239 e. The van der Waals surface area contributed by atoms with E-state index in [1.165, 1.54) is 36.8 Å². The van der Waals surface area contributed by atoms with Crippen molar-refractivity contribution in [2.75, 3.05) is 33.2 Å². The highest BCUT2D eigenvalue weighted by atomic mass is 16.2. The minimum atomic E-state index is -0.105. The molecule has 2 amide bonds. The molecule has 2 N–H and O–H groups in total. The van der Waals surface area contributed by atoms with E-state index in [2.05, 4.69) is 63.5 Å². The van der Waals surface area contributed by atoms with Gasteiger partial charge in [0.1, 0.15) is 0 Å². The van der Waals surface area contributed by atoms with E-state index in [1.54, 1.807) is 17.5 Å². The fourth-order valence-corrected chi connectivity index (χ4v) is 6.84. The van der Waals surface area contributed by atoms with E-state index >= 15 is 0 Å². The number of hydrogen-bond donors (Lipinski definition) is 2. The Morgan fingerprint density at radius 2 is 1.94 bits per heavy atom. The van der Waals surface area contributed by atoms with Gasteiger partial charge >= 0.3 is 0 Å².